The monoisotopic (exact) mass is 265 g/mol. The first-order valence-corrected chi connectivity index (χ1v) is 5.08. The first-order valence-electron chi connectivity index (χ1n) is 5.08. The molecule has 0 aromatic carbocycles. The number of aromatic nitrogens is 1. The van der Waals surface area contributed by atoms with E-state index in [0.29, 0.717) is 0 Å². The van der Waals surface area contributed by atoms with E-state index in [1.54, 1.807) is 6.92 Å². The van der Waals surface area contributed by atoms with E-state index in [1.165, 1.54) is 7.11 Å². The smallest absolute Gasteiger partial charge is 0.416 e. The summed E-state index contributed by atoms with van der Waals surface area (Å²) in [7, 11) is 1.46. The van der Waals surface area contributed by atoms with Gasteiger partial charge in [0.2, 0.25) is 5.88 Å². The van der Waals surface area contributed by atoms with E-state index in [2.05, 4.69) is 10.4 Å². The average Bonchev–Trinajstić information content (AvgIpc) is 2.27. The molecule has 1 rings (SSSR count). The molecule has 3 N–H and O–H groups in total. The van der Waals surface area contributed by atoms with Crippen molar-refractivity contribution in [3.8, 4) is 5.88 Å². The van der Waals surface area contributed by atoms with Crippen LogP contribution < -0.4 is 16.0 Å². The van der Waals surface area contributed by atoms with Crippen molar-refractivity contribution in [2.24, 2.45) is 5.84 Å². The summed E-state index contributed by atoms with van der Waals surface area (Å²) in [5, 5.41) is 0. The summed E-state index contributed by atoms with van der Waals surface area (Å²) in [4.78, 5) is 3.77. The summed E-state index contributed by atoms with van der Waals surface area (Å²) < 4.78 is 47.8. The van der Waals surface area contributed by atoms with Crippen molar-refractivity contribution >= 4 is 5.82 Å². The van der Waals surface area contributed by atoms with Crippen LogP contribution in [0.25, 0.3) is 0 Å². The minimum atomic E-state index is -4.49. The summed E-state index contributed by atoms with van der Waals surface area (Å²) >= 11 is 0. The van der Waals surface area contributed by atoms with Crippen LogP contribution >= 0.6 is 0 Å². The predicted molar refractivity (Wildman–Crippen MR) is 59.0 cm³/mol. The predicted octanol–water partition coefficient (Wildman–Crippen LogP) is 1.80. The van der Waals surface area contributed by atoms with Gasteiger partial charge in [0.25, 0.3) is 0 Å². The number of alkyl halides is 3. The lowest BCUT2D eigenvalue weighted by Gasteiger charge is -2.15. The molecular weight excluding hydrogens is 251 g/mol. The van der Waals surface area contributed by atoms with E-state index in [0.717, 1.165) is 12.1 Å². The molecule has 0 spiro atoms. The molecule has 8 heteroatoms. The lowest BCUT2D eigenvalue weighted by Crippen LogP contribution is -2.20. The van der Waals surface area contributed by atoms with Crippen LogP contribution in [0.2, 0.25) is 0 Å². The maximum atomic E-state index is 12.6. The minimum Gasteiger partial charge on any atom is -0.472 e. The summed E-state index contributed by atoms with van der Waals surface area (Å²) in [5.41, 5.74) is 1.18. The van der Waals surface area contributed by atoms with Gasteiger partial charge in [0.15, 0.2) is 0 Å². The lowest BCUT2D eigenvalue weighted by molar-refractivity contribution is -0.137. The maximum absolute atomic E-state index is 12.6. The zero-order chi connectivity index (χ0) is 13.8. The Morgan fingerprint density at radius 1 is 1.44 bits per heavy atom. The number of nitrogens with zero attached hydrogens (tertiary/aromatic N) is 1. The number of nitrogens with one attached hydrogen (secondary N) is 1. The highest BCUT2D eigenvalue weighted by Gasteiger charge is 2.32. The van der Waals surface area contributed by atoms with Gasteiger partial charge in [-0.05, 0) is 13.0 Å². The van der Waals surface area contributed by atoms with Crippen LogP contribution in [-0.4, -0.2) is 24.8 Å². The SMILES string of the molecule is COCC(C)Oc1cc(C(F)(F)F)cc(NN)n1. The molecule has 102 valence electrons. The fraction of sp³-hybridized carbons (Fsp3) is 0.500. The van der Waals surface area contributed by atoms with Gasteiger partial charge in [0.05, 0.1) is 12.2 Å². The van der Waals surface area contributed by atoms with Crippen molar-refractivity contribution < 1.29 is 22.6 Å². The Bertz CT molecular complexity index is 398. The van der Waals surface area contributed by atoms with E-state index in [1.807, 2.05) is 0 Å². The molecule has 1 unspecified atom stereocenters. The molecule has 0 bridgehead atoms. The third kappa shape index (κ3) is 4.04. The fourth-order valence-electron chi connectivity index (χ4n) is 1.28. The fourth-order valence-corrected chi connectivity index (χ4v) is 1.28. The second-order valence-corrected chi connectivity index (χ2v) is 3.61. The number of halogens is 3. The first-order chi connectivity index (χ1) is 8.36. The number of nitrogens with two attached hydrogens (primary N) is 1. The Balaban J connectivity index is 2.97. The second-order valence-electron chi connectivity index (χ2n) is 3.61. The molecule has 0 radical (unpaired) electrons. The van der Waals surface area contributed by atoms with Crippen LogP contribution in [0.4, 0.5) is 19.0 Å². The number of hydrogen-bond acceptors (Lipinski definition) is 5. The van der Waals surface area contributed by atoms with E-state index in [9.17, 15) is 13.2 Å². The van der Waals surface area contributed by atoms with Gasteiger partial charge in [-0.2, -0.15) is 18.2 Å². The van der Waals surface area contributed by atoms with Gasteiger partial charge in [0, 0.05) is 13.2 Å². The average molecular weight is 265 g/mol. The van der Waals surface area contributed by atoms with Crippen LogP contribution in [0.15, 0.2) is 12.1 Å². The molecule has 1 atom stereocenters. The van der Waals surface area contributed by atoms with E-state index in [-0.39, 0.29) is 18.3 Å². The summed E-state index contributed by atoms with van der Waals surface area (Å²) in [5.74, 6) is 4.77. The number of hydrogen-bond donors (Lipinski definition) is 2. The molecule has 0 aliphatic rings. The highest BCUT2D eigenvalue weighted by Crippen LogP contribution is 2.32. The standard InChI is InChI=1S/C10H14F3N3O2/c1-6(5-17-2)18-9-4-7(10(11,12)13)3-8(15-9)16-14/h3-4,6H,5,14H2,1-2H3,(H,15,16). The van der Waals surface area contributed by atoms with Crippen molar-refractivity contribution in [2.75, 3.05) is 19.1 Å². The molecule has 0 saturated heterocycles. The topological polar surface area (TPSA) is 69.4 Å². The van der Waals surface area contributed by atoms with Crippen LogP contribution in [0.5, 0.6) is 5.88 Å². The second kappa shape index (κ2) is 5.87. The van der Waals surface area contributed by atoms with Crippen LogP contribution in [0.1, 0.15) is 12.5 Å². The number of pyridine rings is 1. The summed E-state index contributed by atoms with van der Waals surface area (Å²) in [6, 6.07) is 1.61. The number of hydrazine groups is 1. The van der Waals surface area contributed by atoms with Gasteiger partial charge >= 0.3 is 6.18 Å². The zero-order valence-electron chi connectivity index (χ0n) is 9.91. The van der Waals surface area contributed by atoms with Crippen molar-refractivity contribution in [1.29, 1.82) is 0 Å². The molecular formula is C10H14F3N3O2. The van der Waals surface area contributed by atoms with Crippen molar-refractivity contribution in [2.45, 2.75) is 19.2 Å². The van der Waals surface area contributed by atoms with Gasteiger partial charge in [0.1, 0.15) is 11.9 Å². The number of nitrogen functional groups attached to an aromatic ring is 1. The molecule has 0 amide bonds. The molecule has 0 aliphatic carbocycles. The van der Waals surface area contributed by atoms with Crippen molar-refractivity contribution in [3.05, 3.63) is 17.7 Å². The summed E-state index contributed by atoms with van der Waals surface area (Å²) in [6.07, 6.45) is -4.91. The number of rotatable bonds is 5. The Hall–Kier alpha value is -1.54. The molecule has 0 fully saturated rings. The van der Waals surface area contributed by atoms with Crippen LogP contribution in [0, 0.1) is 0 Å². The van der Waals surface area contributed by atoms with Gasteiger partial charge in [-0.25, -0.2) is 5.84 Å². The summed E-state index contributed by atoms with van der Waals surface area (Å²) in [6.45, 7) is 1.89. The Labute approximate surface area is 102 Å². The number of ether oxygens (including phenoxy) is 2. The molecule has 18 heavy (non-hydrogen) atoms. The van der Waals surface area contributed by atoms with Gasteiger partial charge < -0.3 is 14.9 Å². The van der Waals surface area contributed by atoms with Crippen LogP contribution in [-0.2, 0) is 10.9 Å². The number of methoxy groups -OCH3 is 1. The van der Waals surface area contributed by atoms with E-state index < -0.39 is 17.8 Å². The quantitative estimate of drug-likeness (QED) is 0.627. The molecule has 0 saturated carbocycles. The Kier molecular flexibility index (Phi) is 4.74. The van der Waals surface area contributed by atoms with Crippen LogP contribution in [0.3, 0.4) is 0 Å². The first kappa shape index (κ1) is 14.5. The van der Waals surface area contributed by atoms with E-state index >= 15 is 0 Å². The molecule has 5 nitrogen and oxygen atoms in total. The molecule has 1 aromatic rings. The zero-order valence-corrected chi connectivity index (χ0v) is 9.91. The molecule has 1 aromatic heterocycles. The normalized spacial score (nSPS) is 13.2. The third-order valence-corrected chi connectivity index (χ3v) is 2.00. The van der Waals surface area contributed by atoms with Crippen molar-refractivity contribution in [1.82, 2.24) is 4.98 Å². The van der Waals surface area contributed by atoms with Gasteiger partial charge in [-0.3, -0.25) is 0 Å². The number of anilines is 1. The molecule has 1 heterocycles. The Morgan fingerprint density at radius 2 is 2.11 bits per heavy atom. The van der Waals surface area contributed by atoms with Gasteiger partial charge in [-0.1, -0.05) is 0 Å². The highest BCUT2D eigenvalue weighted by atomic mass is 19.4. The Morgan fingerprint density at radius 3 is 2.61 bits per heavy atom. The third-order valence-electron chi connectivity index (χ3n) is 2.00. The van der Waals surface area contributed by atoms with Gasteiger partial charge in [-0.15, -0.1) is 0 Å². The molecule has 0 aliphatic heterocycles. The highest BCUT2D eigenvalue weighted by molar-refractivity contribution is 5.41. The maximum Gasteiger partial charge on any atom is 0.416 e. The van der Waals surface area contributed by atoms with E-state index in [4.69, 9.17) is 15.3 Å². The minimum absolute atomic E-state index is 0.121. The largest absolute Gasteiger partial charge is 0.472 e. The lowest BCUT2D eigenvalue weighted by atomic mass is 10.2. The van der Waals surface area contributed by atoms with Crippen molar-refractivity contribution in [3.63, 3.8) is 0 Å².